The molecule has 2 aromatic carbocycles. The molecule has 1 amide bonds. The third-order valence-electron chi connectivity index (χ3n) is 3.16. The van der Waals surface area contributed by atoms with Crippen molar-refractivity contribution < 1.29 is 43.5 Å². The zero-order valence-electron chi connectivity index (χ0n) is 10.4. The predicted molar refractivity (Wildman–Crippen MR) is 69.0 cm³/mol. The minimum absolute atomic E-state index is 0. The Morgan fingerprint density at radius 2 is 1.65 bits per heavy atom. The van der Waals surface area contributed by atoms with E-state index in [1.165, 1.54) is 12.1 Å². The second-order valence-corrected chi connectivity index (χ2v) is 4.39. The normalized spacial score (nSPS) is 16.9. The van der Waals surface area contributed by atoms with Gasteiger partial charge in [0.05, 0.1) is 5.91 Å². The number of carbonyl (C=O) groups is 1. The largest absolute Gasteiger partial charge is 0.508 e. The SMILES string of the molecule is O=C1[CH-][C@@H](c2ccc(O)cc2)N1c1ccc(F)cc1.[Pu]. The molecule has 3 nitrogen and oxygen atoms in total. The van der Waals surface area contributed by atoms with Gasteiger partial charge < -0.3 is 14.8 Å². The summed E-state index contributed by atoms with van der Waals surface area (Å²) in [5, 5.41) is 9.26. The molecule has 0 aliphatic carbocycles. The number of aromatic hydroxyl groups is 1. The van der Waals surface area contributed by atoms with Crippen LogP contribution in [0.25, 0.3) is 0 Å². The summed E-state index contributed by atoms with van der Waals surface area (Å²) in [6.45, 7) is 0. The quantitative estimate of drug-likeness (QED) is 0.510. The molecule has 5 heteroatoms. The van der Waals surface area contributed by atoms with Crippen LogP contribution in [-0.2, 0) is 4.79 Å². The number of nitrogens with zero attached hydrogens (tertiary/aromatic N) is 1. The maximum atomic E-state index is 12.9. The van der Waals surface area contributed by atoms with Gasteiger partial charge in [-0.3, -0.25) is 6.42 Å². The molecule has 0 unspecified atom stereocenters. The standard InChI is InChI=1S/C15H11FNO2.Pu/c16-11-3-5-12(6-4-11)17-14(9-15(17)19)10-1-7-13(18)8-2-10;/h1-9,14,18H;/q-1;/t14-;/m0./s1. The number of rotatable bonds is 2. The Morgan fingerprint density at radius 3 is 2.20 bits per heavy atom. The van der Waals surface area contributed by atoms with Gasteiger partial charge in [-0.2, -0.15) is 0 Å². The molecule has 0 spiro atoms. The molecule has 1 fully saturated rings. The number of carbonyl (C=O) groups excluding carboxylic acids is 1. The van der Waals surface area contributed by atoms with Crippen LogP contribution in [0.1, 0.15) is 11.6 Å². The van der Waals surface area contributed by atoms with Crippen LogP contribution in [0.2, 0.25) is 0 Å². The van der Waals surface area contributed by atoms with Crippen molar-refractivity contribution in [1.29, 1.82) is 0 Å². The van der Waals surface area contributed by atoms with Crippen molar-refractivity contribution in [2.45, 2.75) is 6.04 Å². The Hall–Kier alpha value is -1.50. The average Bonchev–Trinajstić information content (AvgIpc) is 2.40. The molecule has 2 aromatic rings. The molecular formula is C15H11FNO2Pu-. The van der Waals surface area contributed by atoms with Crippen molar-refractivity contribution in [2.24, 2.45) is 0 Å². The molecule has 1 aliphatic rings. The molecule has 1 saturated heterocycles. The summed E-state index contributed by atoms with van der Waals surface area (Å²) < 4.78 is 12.9. The number of benzene rings is 2. The summed E-state index contributed by atoms with van der Waals surface area (Å²) in [5.41, 5.74) is 1.56. The van der Waals surface area contributed by atoms with Gasteiger partial charge in [0.15, 0.2) is 0 Å². The van der Waals surface area contributed by atoms with Gasteiger partial charge in [-0.15, -0.1) is 0 Å². The smallest absolute Gasteiger partial charge is 0.123 e. The number of halogens is 1. The van der Waals surface area contributed by atoms with Crippen molar-refractivity contribution in [3.63, 3.8) is 0 Å². The van der Waals surface area contributed by atoms with Crippen LogP contribution >= 0.6 is 0 Å². The van der Waals surface area contributed by atoms with Crippen LogP contribution in [0.5, 0.6) is 5.75 Å². The molecule has 102 valence electrons. The van der Waals surface area contributed by atoms with Gasteiger partial charge in [-0.25, -0.2) is 4.39 Å². The predicted octanol–water partition coefficient (Wildman–Crippen LogP) is 2.82. The molecule has 1 heterocycles. The van der Waals surface area contributed by atoms with E-state index in [2.05, 4.69) is 0 Å². The fraction of sp³-hybridized carbons (Fsp3) is 0.0667. The molecule has 20 heavy (non-hydrogen) atoms. The molecule has 0 radical (unpaired) electrons. The van der Waals surface area contributed by atoms with E-state index in [-0.39, 0.29) is 52.7 Å². The van der Waals surface area contributed by atoms with E-state index in [0.717, 1.165) is 5.56 Å². The summed E-state index contributed by atoms with van der Waals surface area (Å²) in [7, 11) is 0. The van der Waals surface area contributed by atoms with Crippen LogP contribution in [0.4, 0.5) is 10.1 Å². The minimum atomic E-state index is -0.332. The van der Waals surface area contributed by atoms with Gasteiger partial charge in [0.25, 0.3) is 0 Å². The fourth-order valence-corrected chi connectivity index (χ4v) is 2.15. The van der Waals surface area contributed by atoms with Crippen LogP contribution in [0.3, 0.4) is 0 Å². The number of phenolic OH excluding ortho intramolecular Hbond substituents is 1. The van der Waals surface area contributed by atoms with Crippen LogP contribution in [-0.4, -0.2) is 11.0 Å². The number of phenols is 1. The summed E-state index contributed by atoms with van der Waals surface area (Å²) in [5.74, 6) is -0.255. The van der Waals surface area contributed by atoms with E-state index >= 15 is 0 Å². The van der Waals surface area contributed by atoms with Gasteiger partial charge in [-0.05, 0) is 42.4 Å². The van der Waals surface area contributed by atoms with Gasteiger partial charge in [0.2, 0.25) is 0 Å². The van der Waals surface area contributed by atoms with Gasteiger partial charge in [0.1, 0.15) is 11.6 Å². The zero-order valence-corrected chi connectivity index (χ0v) is 13.8. The Bertz CT molecular complexity index is 613. The van der Waals surface area contributed by atoms with Crippen LogP contribution in [0, 0.1) is 41.4 Å². The average molecular weight is 500 g/mol. The molecule has 1 atom stereocenters. The van der Waals surface area contributed by atoms with E-state index in [9.17, 15) is 14.3 Å². The molecule has 1 N–H and O–H groups in total. The van der Waals surface area contributed by atoms with Crippen molar-refractivity contribution in [3.05, 3.63) is 66.3 Å². The second-order valence-electron chi connectivity index (χ2n) is 4.39. The molecule has 3 rings (SSSR count). The summed E-state index contributed by atoms with van der Waals surface area (Å²) in [6, 6.07) is 12.3. The van der Waals surface area contributed by atoms with E-state index in [1.807, 2.05) is 0 Å². The molecular weight excluding hydrogens is 489 g/mol. The number of anilines is 1. The van der Waals surface area contributed by atoms with Crippen molar-refractivity contribution >= 4 is 11.6 Å². The van der Waals surface area contributed by atoms with Crippen molar-refractivity contribution in [2.75, 3.05) is 4.90 Å². The number of hydrogen-bond donors (Lipinski definition) is 1. The second kappa shape index (κ2) is 5.86. The fourth-order valence-electron chi connectivity index (χ4n) is 2.15. The molecule has 0 bridgehead atoms. The minimum Gasteiger partial charge on any atom is -0.508 e. The number of hydrogen-bond acceptors (Lipinski definition) is 2. The first-order valence-electron chi connectivity index (χ1n) is 5.88. The van der Waals surface area contributed by atoms with E-state index in [1.54, 1.807) is 47.7 Å². The van der Waals surface area contributed by atoms with Crippen molar-refractivity contribution in [1.82, 2.24) is 0 Å². The number of β-lactam (4-membered cyclic amide) rings is 1. The van der Waals surface area contributed by atoms with Crippen LogP contribution in [0.15, 0.2) is 48.5 Å². The first-order valence-corrected chi connectivity index (χ1v) is 5.88. The van der Waals surface area contributed by atoms with Crippen LogP contribution < -0.4 is 4.90 Å². The topological polar surface area (TPSA) is 40.5 Å². The zero-order chi connectivity index (χ0) is 13.4. The van der Waals surface area contributed by atoms with Gasteiger partial charge in [0, 0.05) is 34.9 Å². The summed E-state index contributed by atoms with van der Waals surface area (Å²) in [6.07, 6.45) is 1.59. The van der Waals surface area contributed by atoms with Gasteiger partial charge >= 0.3 is 0 Å². The molecule has 0 aromatic heterocycles. The third kappa shape index (κ3) is 2.67. The molecule has 1 aliphatic heterocycles. The number of amides is 1. The maximum absolute atomic E-state index is 12.9. The Balaban J connectivity index is 0.00000147. The maximum Gasteiger partial charge on any atom is 0.123 e. The Morgan fingerprint density at radius 1 is 1.05 bits per heavy atom. The summed E-state index contributed by atoms with van der Waals surface area (Å²) in [4.78, 5) is 13.3. The molecule has 0 saturated carbocycles. The van der Waals surface area contributed by atoms with E-state index in [0.29, 0.717) is 5.69 Å². The Labute approximate surface area is 138 Å². The summed E-state index contributed by atoms with van der Waals surface area (Å²) >= 11 is 0. The van der Waals surface area contributed by atoms with Gasteiger partial charge in [-0.1, -0.05) is 17.7 Å². The van der Waals surface area contributed by atoms with E-state index < -0.39 is 0 Å². The Kier molecular flexibility index (Phi) is 4.37. The van der Waals surface area contributed by atoms with Crippen molar-refractivity contribution in [3.8, 4) is 5.75 Å². The monoisotopic (exact) mass is 494 g/mol. The van der Waals surface area contributed by atoms with E-state index in [4.69, 9.17) is 0 Å². The first-order chi connectivity index (χ1) is 9.15. The first kappa shape index (κ1) is 14.9. The third-order valence-corrected chi connectivity index (χ3v) is 3.16.